The maximum Gasteiger partial charge on any atom is 0.235 e. The predicted octanol–water partition coefficient (Wildman–Crippen LogP) is 4.27. The number of isocyanates is 1. The molecule has 1 aliphatic carbocycles. The van der Waals surface area contributed by atoms with Crippen molar-refractivity contribution in [1.82, 2.24) is 0 Å². The monoisotopic (exact) mass is 279 g/mol. The standard InChI is InChI=1S/C15H18ClNO2/c1-10(2)11-7-14(19)12(8-13(11)16)15(17-9-18)5-3-4-6-15/h7-8,10,19H,3-6H2,1-2H3. The number of phenols is 1. The molecule has 0 saturated heterocycles. The van der Waals surface area contributed by atoms with Crippen molar-refractivity contribution in [3.8, 4) is 5.75 Å². The van der Waals surface area contributed by atoms with Gasteiger partial charge < -0.3 is 5.11 Å². The van der Waals surface area contributed by atoms with Gasteiger partial charge in [0.1, 0.15) is 11.3 Å². The van der Waals surface area contributed by atoms with E-state index in [-0.39, 0.29) is 11.7 Å². The summed E-state index contributed by atoms with van der Waals surface area (Å²) in [4.78, 5) is 14.7. The number of carbonyl (C=O) groups excluding carboxylic acids is 1. The fourth-order valence-electron chi connectivity index (χ4n) is 2.88. The zero-order valence-electron chi connectivity index (χ0n) is 11.2. The summed E-state index contributed by atoms with van der Waals surface area (Å²) in [7, 11) is 0. The molecule has 2 rings (SSSR count). The molecule has 1 aromatic rings. The van der Waals surface area contributed by atoms with Crippen molar-refractivity contribution in [2.24, 2.45) is 4.99 Å². The first-order valence-electron chi connectivity index (χ1n) is 6.62. The van der Waals surface area contributed by atoms with E-state index >= 15 is 0 Å². The minimum atomic E-state index is -0.634. The van der Waals surface area contributed by atoms with Gasteiger partial charge in [-0.3, -0.25) is 0 Å². The van der Waals surface area contributed by atoms with Crippen LogP contribution in [-0.2, 0) is 10.3 Å². The van der Waals surface area contributed by atoms with Crippen LogP contribution in [0.1, 0.15) is 56.6 Å². The van der Waals surface area contributed by atoms with Crippen LogP contribution < -0.4 is 0 Å². The van der Waals surface area contributed by atoms with Crippen molar-refractivity contribution in [1.29, 1.82) is 0 Å². The zero-order chi connectivity index (χ0) is 14.0. The molecule has 0 spiro atoms. The van der Waals surface area contributed by atoms with E-state index in [4.69, 9.17) is 11.6 Å². The van der Waals surface area contributed by atoms with Crippen LogP contribution in [-0.4, -0.2) is 11.2 Å². The van der Waals surface area contributed by atoms with Gasteiger partial charge in [0, 0.05) is 10.6 Å². The van der Waals surface area contributed by atoms with Gasteiger partial charge in [-0.15, -0.1) is 0 Å². The molecular formula is C15H18ClNO2. The fourth-order valence-corrected chi connectivity index (χ4v) is 3.26. The normalized spacial score (nSPS) is 17.5. The zero-order valence-corrected chi connectivity index (χ0v) is 12.0. The van der Waals surface area contributed by atoms with Crippen molar-refractivity contribution in [3.05, 3.63) is 28.3 Å². The summed E-state index contributed by atoms with van der Waals surface area (Å²) in [6, 6.07) is 3.46. The first-order chi connectivity index (χ1) is 9.00. The summed E-state index contributed by atoms with van der Waals surface area (Å²) < 4.78 is 0. The molecule has 0 unspecified atom stereocenters. The fraction of sp³-hybridized carbons (Fsp3) is 0.533. The molecule has 1 fully saturated rings. The van der Waals surface area contributed by atoms with E-state index in [1.807, 2.05) is 13.8 Å². The number of halogens is 1. The minimum Gasteiger partial charge on any atom is -0.508 e. The maximum atomic E-state index is 10.7. The Bertz CT molecular complexity index is 527. The van der Waals surface area contributed by atoms with Crippen LogP contribution in [0.5, 0.6) is 5.75 Å². The lowest BCUT2D eigenvalue weighted by Crippen LogP contribution is -2.19. The molecule has 0 aromatic heterocycles. The Kier molecular flexibility index (Phi) is 3.98. The largest absolute Gasteiger partial charge is 0.508 e. The lowest BCUT2D eigenvalue weighted by Gasteiger charge is -2.25. The van der Waals surface area contributed by atoms with Crippen molar-refractivity contribution in [2.75, 3.05) is 0 Å². The summed E-state index contributed by atoms with van der Waals surface area (Å²) >= 11 is 6.29. The Morgan fingerprint density at radius 1 is 1.37 bits per heavy atom. The molecule has 19 heavy (non-hydrogen) atoms. The van der Waals surface area contributed by atoms with Gasteiger partial charge in [0.25, 0.3) is 0 Å². The van der Waals surface area contributed by atoms with Crippen LogP contribution in [0.2, 0.25) is 5.02 Å². The molecule has 1 N–H and O–H groups in total. The molecular weight excluding hydrogens is 262 g/mol. The van der Waals surface area contributed by atoms with Crippen LogP contribution in [0.15, 0.2) is 17.1 Å². The number of phenolic OH excluding ortho intramolecular Hbond substituents is 1. The lowest BCUT2D eigenvalue weighted by molar-refractivity contribution is 0.408. The highest BCUT2D eigenvalue weighted by atomic mass is 35.5. The highest BCUT2D eigenvalue weighted by Crippen LogP contribution is 2.47. The van der Waals surface area contributed by atoms with Crippen LogP contribution in [0.3, 0.4) is 0 Å². The predicted molar refractivity (Wildman–Crippen MR) is 75.5 cm³/mol. The van der Waals surface area contributed by atoms with E-state index in [0.717, 1.165) is 31.2 Å². The van der Waals surface area contributed by atoms with Gasteiger partial charge in [-0.25, -0.2) is 4.79 Å². The lowest BCUT2D eigenvalue weighted by atomic mass is 9.86. The molecule has 0 amide bonds. The second-order valence-corrected chi connectivity index (χ2v) is 5.89. The molecule has 0 aliphatic heterocycles. The van der Waals surface area contributed by atoms with Gasteiger partial charge in [-0.05, 0) is 36.5 Å². The average Bonchev–Trinajstić information content (AvgIpc) is 2.81. The number of aromatic hydroxyl groups is 1. The quantitative estimate of drug-likeness (QED) is 0.663. The molecule has 1 saturated carbocycles. The van der Waals surface area contributed by atoms with E-state index in [1.54, 1.807) is 18.2 Å². The second-order valence-electron chi connectivity index (χ2n) is 5.49. The van der Waals surface area contributed by atoms with Gasteiger partial charge in [-0.2, -0.15) is 4.99 Å². The van der Waals surface area contributed by atoms with Gasteiger partial charge in [0.15, 0.2) is 0 Å². The van der Waals surface area contributed by atoms with Crippen molar-refractivity contribution in [3.63, 3.8) is 0 Å². The SMILES string of the molecule is CC(C)c1cc(O)c(C2(N=C=O)CCCC2)cc1Cl. The highest BCUT2D eigenvalue weighted by molar-refractivity contribution is 6.31. The summed E-state index contributed by atoms with van der Waals surface area (Å²) in [5.41, 5.74) is 0.930. The van der Waals surface area contributed by atoms with E-state index in [0.29, 0.717) is 10.6 Å². The molecule has 102 valence electrons. The molecule has 0 radical (unpaired) electrons. The number of nitrogens with zero attached hydrogens (tertiary/aromatic N) is 1. The number of aliphatic imine (C=N–C) groups is 1. The van der Waals surface area contributed by atoms with E-state index in [1.165, 1.54) is 0 Å². The van der Waals surface area contributed by atoms with Gasteiger partial charge in [0.05, 0.1) is 0 Å². The molecule has 0 bridgehead atoms. The smallest absolute Gasteiger partial charge is 0.235 e. The molecule has 0 atom stereocenters. The Balaban J connectivity index is 2.56. The topological polar surface area (TPSA) is 49.7 Å². The van der Waals surface area contributed by atoms with Crippen LogP contribution >= 0.6 is 11.6 Å². The van der Waals surface area contributed by atoms with E-state index in [2.05, 4.69) is 4.99 Å². The van der Waals surface area contributed by atoms with Crippen molar-refractivity contribution in [2.45, 2.75) is 51.0 Å². The highest BCUT2D eigenvalue weighted by Gasteiger charge is 2.38. The third kappa shape index (κ3) is 2.54. The first-order valence-corrected chi connectivity index (χ1v) is 7.00. The summed E-state index contributed by atoms with van der Waals surface area (Å²) in [5, 5.41) is 10.9. The Morgan fingerprint density at radius 2 is 2.00 bits per heavy atom. The maximum absolute atomic E-state index is 10.7. The van der Waals surface area contributed by atoms with Crippen LogP contribution in [0.4, 0.5) is 0 Å². The first kappa shape index (κ1) is 14.1. The Hall–Kier alpha value is -1.31. The van der Waals surface area contributed by atoms with Crippen LogP contribution in [0, 0.1) is 0 Å². The van der Waals surface area contributed by atoms with Gasteiger partial charge >= 0.3 is 0 Å². The Labute approximate surface area is 118 Å². The third-order valence-electron chi connectivity index (χ3n) is 3.93. The van der Waals surface area contributed by atoms with E-state index < -0.39 is 5.54 Å². The van der Waals surface area contributed by atoms with Crippen molar-refractivity contribution >= 4 is 17.7 Å². The molecule has 4 heteroatoms. The van der Waals surface area contributed by atoms with Crippen LogP contribution in [0.25, 0.3) is 0 Å². The second kappa shape index (κ2) is 5.36. The average molecular weight is 280 g/mol. The number of hydrogen-bond donors (Lipinski definition) is 1. The molecule has 1 aromatic carbocycles. The number of hydrogen-bond acceptors (Lipinski definition) is 3. The minimum absolute atomic E-state index is 0.175. The van der Waals surface area contributed by atoms with Gasteiger partial charge in [-0.1, -0.05) is 38.3 Å². The summed E-state index contributed by atoms with van der Waals surface area (Å²) in [6.07, 6.45) is 5.16. The third-order valence-corrected chi connectivity index (χ3v) is 4.26. The number of rotatable bonds is 3. The summed E-state index contributed by atoms with van der Waals surface area (Å²) in [5.74, 6) is 0.413. The molecule has 0 heterocycles. The van der Waals surface area contributed by atoms with Crippen molar-refractivity contribution < 1.29 is 9.90 Å². The Morgan fingerprint density at radius 3 is 2.53 bits per heavy atom. The molecule has 1 aliphatic rings. The number of benzene rings is 1. The molecule has 3 nitrogen and oxygen atoms in total. The van der Waals surface area contributed by atoms with E-state index in [9.17, 15) is 9.90 Å². The summed E-state index contributed by atoms with van der Waals surface area (Å²) in [6.45, 7) is 4.05. The van der Waals surface area contributed by atoms with Gasteiger partial charge in [0.2, 0.25) is 6.08 Å².